The average molecular weight is 576 g/mol. The van der Waals surface area contributed by atoms with E-state index < -0.39 is 17.8 Å². The topological polar surface area (TPSA) is 88.8 Å². The minimum Gasteiger partial charge on any atom is -0.462 e. The standard InChI is InChI=1S/C30H34FN7O2S/c1-20(31)29(39)38-15-14-37(17-22(38)8-11-32)28-24-9-13-36(26-7-3-5-21-10-16-41-27(21)26)18-25(24)33-30(34-28)40-19-23-6-4-12-35(23)2/h3,5,7,10,16,22-23H,1,4,6,8-9,12-15,17-19H2,2H3/t22-,23-/m0/s1. The van der Waals surface area contributed by atoms with Gasteiger partial charge in [-0.05, 0) is 55.8 Å². The molecule has 0 N–H and O–H groups in total. The maximum atomic E-state index is 13.8. The van der Waals surface area contributed by atoms with Crippen molar-refractivity contribution < 1.29 is 13.9 Å². The predicted molar refractivity (Wildman–Crippen MR) is 158 cm³/mol. The van der Waals surface area contributed by atoms with Crippen molar-refractivity contribution in [3.63, 3.8) is 0 Å². The second kappa shape index (κ2) is 11.6. The molecule has 41 heavy (non-hydrogen) atoms. The van der Waals surface area contributed by atoms with Gasteiger partial charge in [0.25, 0.3) is 5.91 Å². The number of fused-ring (bicyclic) bond motifs is 2. The van der Waals surface area contributed by atoms with Crippen molar-refractivity contribution in [2.45, 2.75) is 44.3 Å². The van der Waals surface area contributed by atoms with Gasteiger partial charge in [0.2, 0.25) is 0 Å². The van der Waals surface area contributed by atoms with Crippen LogP contribution in [-0.2, 0) is 17.8 Å². The zero-order valence-corrected chi connectivity index (χ0v) is 24.1. The molecule has 2 aromatic heterocycles. The van der Waals surface area contributed by atoms with Gasteiger partial charge in [-0.1, -0.05) is 18.7 Å². The monoisotopic (exact) mass is 575 g/mol. The van der Waals surface area contributed by atoms with Gasteiger partial charge in [0.1, 0.15) is 12.4 Å². The zero-order chi connectivity index (χ0) is 28.5. The molecule has 1 aromatic carbocycles. The Bertz CT molecular complexity index is 1500. The molecule has 2 atom stereocenters. The number of halogens is 1. The highest BCUT2D eigenvalue weighted by atomic mass is 32.1. The molecule has 6 rings (SSSR count). The third kappa shape index (κ3) is 5.46. The fourth-order valence-corrected chi connectivity index (χ4v) is 7.20. The molecule has 0 spiro atoms. The SMILES string of the molecule is C=C(F)C(=O)N1CCN(c2nc(OC[C@@H]3CCCN3C)nc3c2CCN(c2cccc4ccsc24)C3)C[C@@H]1CC#N. The lowest BCUT2D eigenvalue weighted by molar-refractivity contribution is -0.131. The van der Waals surface area contributed by atoms with E-state index in [1.54, 1.807) is 11.3 Å². The Morgan fingerprint density at radius 3 is 2.85 bits per heavy atom. The Kier molecular flexibility index (Phi) is 7.77. The number of benzene rings is 1. The van der Waals surface area contributed by atoms with Crippen molar-refractivity contribution in [2.75, 3.05) is 56.2 Å². The number of nitriles is 1. The smallest absolute Gasteiger partial charge is 0.318 e. The van der Waals surface area contributed by atoms with Crippen molar-refractivity contribution >= 4 is 38.8 Å². The molecule has 3 aromatic rings. The minimum absolute atomic E-state index is 0.0960. The summed E-state index contributed by atoms with van der Waals surface area (Å²) in [5.74, 6) is -0.972. The maximum Gasteiger partial charge on any atom is 0.318 e. The minimum atomic E-state index is -1.01. The van der Waals surface area contributed by atoms with Gasteiger partial charge >= 0.3 is 6.01 Å². The first-order valence-corrected chi connectivity index (χ1v) is 15.0. The molecular formula is C30H34FN7O2S. The number of thiophene rings is 1. The number of nitrogens with zero attached hydrogens (tertiary/aromatic N) is 7. The van der Waals surface area contributed by atoms with Gasteiger partial charge in [-0.2, -0.15) is 15.2 Å². The highest BCUT2D eigenvalue weighted by Crippen LogP contribution is 2.36. The molecule has 0 saturated carbocycles. The third-order valence-corrected chi connectivity index (χ3v) is 9.45. The lowest BCUT2D eigenvalue weighted by atomic mass is 10.0. The molecule has 2 saturated heterocycles. The van der Waals surface area contributed by atoms with E-state index in [4.69, 9.17) is 14.7 Å². The molecule has 0 radical (unpaired) electrons. The van der Waals surface area contributed by atoms with Gasteiger partial charge in [-0.3, -0.25) is 4.79 Å². The van der Waals surface area contributed by atoms with E-state index >= 15 is 0 Å². The molecule has 3 aliphatic heterocycles. The molecule has 0 unspecified atom stereocenters. The summed E-state index contributed by atoms with van der Waals surface area (Å²) in [5.41, 5.74) is 3.19. The molecule has 2 fully saturated rings. The van der Waals surface area contributed by atoms with E-state index in [1.807, 2.05) is 0 Å². The highest BCUT2D eigenvalue weighted by molar-refractivity contribution is 7.17. The summed E-state index contributed by atoms with van der Waals surface area (Å²) in [7, 11) is 2.12. The van der Waals surface area contributed by atoms with Crippen LogP contribution < -0.4 is 14.5 Å². The van der Waals surface area contributed by atoms with E-state index in [0.717, 1.165) is 49.4 Å². The fourth-order valence-electron chi connectivity index (χ4n) is 6.26. The van der Waals surface area contributed by atoms with E-state index in [2.05, 4.69) is 64.0 Å². The van der Waals surface area contributed by atoms with Crippen LogP contribution in [0.5, 0.6) is 6.01 Å². The molecule has 5 heterocycles. The molecule has 1 amide bonds. The Morgan fingerprint density at radius 2 is 2.07 bits per heavy atom. The van der Waals surface area contributed by atoms with Gasteiger partial charge in [0, 0.05) is 37.8 Å². The van der Waals surface area contributed by atoms with Gasteiger partial charge in [-0.25, -0.2) is 4.39 Å². The molecule has 214 valence electrons. The number of rotatable bonds is 7. The number of ether oxygens (including phenoxy) is 1. The lowest BCUT2D eigenvalue weighted by Crippen LogP contribution is -2.55. The van der Waals surface area contributed by atoms with Crippen LogP contribution in [-0.4, -0.2) is 84.1 Å². The summed E-state index contributed by atoms with van der Waals surface area (Å²) in [6, 6.07) is 10.9. The first kappa shape index (κ1) is 27.4. The quantitative estimate of drug-likeness (QED) is 0.389. The van der Waals surface area contributed by atoms with E-state index in [0.29, 0.717) is 38.3 Å². The van der Waals surface area contributed by atoms with Gasteiger partial charge in [0.05, 0.1) is 41.2 Å². The van der Waals surface area contributed by atoms with Gasteiger partial charge < -0.3 is 24.3 Å². The number of likely N-dealkylation sites (tertiary alicyclic amines) is 1. The number of hydrogen-bond donors (Lipinski definition) is 0. The molecule has 0 bridgehead atoms. The molecule has 9 nitrogen and oxygen atoms in total. The summed E-state index contributed by atoms with van der Waals surface area (Å²) < 4.78 is 21.3. The van der Waals surface area contributed by atoms with Crippen LogP contribution in [0.2, 0.25) is 0 Å². The van der Waals surface area contributed by atoms with Crippen LogP contribution in [0.15, 0.2) is 42.1 Å². The van der Waals surface area contributed by atoms with Crippen molar-refractivity contribution in [3.8, 4) is 12.1 Å². The van der Waals surface area contributed by atoms with Gasteiger partial charge in [0.15, 0.2) is 5.83 Å². The number of amides is 1. The van der Waals surface area contributed by atoms with Crippen LogP contribution in [0.3, 0.4) is 0 Å². The van der Waals surface area contributed by atoms with Crippen LogP contribution in [0.25, 0.3) is 10.1 Å². The van der Waals surface area contributed by atoms with Crippen molar-refractivity contribution in [1.82, 2.24) is 19.8 Å². The highest BCUT2D eigenvalue weighted by Gasteiger charge is 2.35. The van der Waals surface area contributed by atoms with Crippen LogP contribution in [0, 0.1) is 11.3 Å². The molecule has 11 heteroatoms. The average Bonchev–Trinajstić information content (AvgIpc) is 3.63. The largest absolute Gasteiger partial charge is 0.462 e. The predicted octanol–water partition coefficient (Wildman–Crippen LogP) is 4.14. The Morgan fingerprint density at radius 1 is 1.20 bits per heavy atom. The number of anilines is 2. The molecular weight excluding hydrogens is 541 g/mol. The summed E-state index contributed by atoms with van der Waals surface area (Å²) in [6.07, 6.45) is 3.08. The second-order valence-electron chi connectivity index (χ2n) is 11.0. The number of carbonyl (C=O) groups is 1. The maximum absolute atomic E-state index is 13.8. The van der Waals surface area contributed by atoms with Crippen LogP contribution in [0.4, 0.5) is 15.9 Å². The molecule has 3 aliphatic rings. The second-order valence-corrected chi connectivity index (χ2v) is 11.9. The Hall–Kier alpha value is -3.75. The normalized spacial score (nSPS) is 21.1. The van der Waals surface area contributed by atoms with Crippen molar-refractivity contribution in [2.24, 2.45) is 0 Å². The first-order chi connectivity index (χ1) is 19.9. The lowest BCUT2D eigenvalue weighted by Gasteiger charge is -2.42. The van der Waals surface area contributed by atoms with E-state index in [1.165, 1.54) is 20.7 Å². The van der Waals surface area contributed by atoms with Crippen LogP contribution in [0.1, 0.15) is 30.5 Å². The summed E-state index contributed by atoms with van der Waals surface area (Å²) in [5, 5.41) is 12.8. The number of hydrogen-bond acceptors (Lipinski definition) is 9. The summed E-state index contributed by atoms with van der Waals surface area (Å²) in [6.45, 7) is 7.32. The van der Waals surface area contributed by atoms with E-state index in [9.17, 15) is 14.4 Å². The van der Waals surface area contributed by atoms with E-state index in [-0.39, 0.29) is 13.0 Å². The Labute approximate surface area is 243 Å². The number of piperazine rings is 1. The zero-order valence-electron chi connectivity index (χ0n) is 23.3. The summed E-state index contributed by atoms with van der Waals surface area (Å²) >= 11 is 1.75. The Balaban J connectivity index is 1.32. The fraction of sp³-hybridized carbons (Fsp3) is 0.467. The third-order valence-electron chi connectivity index (χ3n) is 8.50. The number of likely N-dealkylation sites (N-methyl/N-ethyl adjacent to an activating group) is 1. The number of aromatic nitrogens is 2. The first-order valence-electron chi connectivity index (χ1n) is 14.1. The van der Waals surface area contributed by atoms with Crippen molar-refractivity contribution in [1.29, 1.82) is 5.26 Å². The number of carbonyl (C=O) groups excluding carboxylic acids is 1. The van der Waals surface area contributed by atoms with Crippen molar-refractivity contribution in [3.05, 3.63) is 53.3 Å². The molecule has 0 aliphatic carbocycles. The summed E-state index contributed by atoms with van der Waals surface area (Å²) in [4.78, 5) is 30.5. The van der Waals surface area contributed by atoms with Gasteiger partial charge in [-0.15, -0.1) is 11.3 Å². The van der Waals surface area contributed by atoms with Crippen LogP contribution >= 0.6 is 11.3 Å².